The van der Waals surface area contributed by atoms with Gasteiger partial charge >= 0.3 is 0 Å². The molecule has 1 heterocycles. The third-order valence-electron chi connectivity index (χ3n) is 4.14. The molecule has 0 saturated heterocycles. The number of nitrogens with zero attached hydrogens (tertiary/aromatic N) is 2. The zero-order valence-electron chi connectivity index (χ0n) is 14.6. The fourth-order valence-corrected chi connectivity index (χ4v) is 3.43. The van der Waals surface area contributed by atoms with Gasteiger partial charge in [-0.1, -0.05) is 60.3 Å². The second kappa shape index (κ2) is 7.63. The van der Waals surface area contributed by atoms with Crippen molar-refractivity contribution in [1.82, 2.24) is 10.2 Å². The maximum absolute atomic E-state index is 12.5. The summed E-state index contributed by atoms with van der Waals surface area (Å²) >= 11 is 1.23. The Hall–Kier alpha value is -3.12. The minimum Gasteiger partial charge on any atom is -0.496 e. The maximum atomic E-state index is 12.5. The number of hydrogen-bond acceptors (Lipinski definition) is 6. The zero-order valence-corrected chi connectivity index (χ0v) is 15.4. The van der Waals surface area contributed by atoms with Gasteiger partial charge < -0.3 is 9.15 Å². The van der Waals surface area contributed by atoms with Gasteiger partial charge in [0.1, 0.15) is 5.75 Å². The van der Waals surface area contributed by atoms with Crippen LogP contribution in [0, 0.1) is 0 Å². The fourth-order valence-electron chi connectivity index (χ4n) is 2.77. The first-order valence-corrected chi connectivity index (χ1v) is 9.35. The van der Waals surface area contributed by atoms with Crippen LogP contribution < -0.4 is 4.74 Å². The Balaban J connectivity index is 1.47. The summed E-state index contributed by atoms with van der Waals surface area (Å²) in [6.07, 6.45) is 0. The van der Waals surface area contributed by atoms with E-state index in [4.69, 9.17) is 9.15 Å². The number of fused-ring (bicyclic) bond motifs is 1. The standard InChI is InChI=1S/C21H16N2O3S/c1-25-19-9-5-4-8-17(19)20-22-23-21(26-20)27-13-18(24)16-11-10-14-6-2-3-7-15(14)12-16/h2-12H,13H2,1H3. The van der Waals surface area contributed by atoms with E-state index in [-0.39, 0.29) is 11.5 Å². The van der Waals surface area contributed by atoms with E-state index in [1.807, 2.05) is 66.7 Å². The lowest BCUT2D eigenvalue weighted by Crippen LogP contribution is -2.02. The third kappa shape index (κ3) is 3.71. The van der Waals surface area contributed by atoms with E-state index >= 15 is 0 Å². The number of aromatic nitrogens is 2. The Morgan fingerprint density at radius 3 is 2.63 bits per heavy atom. The molecule has 0 aliphatic carbocycles. The van der Waals surface area contributed by atoms with Crippen LogP contribution in [0.5, 0.6) is 5.75 Å². The van der Waals surface area contributed by atoms with Gasteiger partial charge in [-0.25, -0.2) is 0 Å². The monoisotopic (exact) mass is 376 g/mol. The van der Waals surface area contributed by atoms with Gasteiger partial charge in [-0.05, 0) is 29.0 Å². The number of thioether (sulfide) groups is 1. The molecular weight excluding hydrogens is 360 g/mol. The van der Waals surface area contributed by atoms with Crippen molar-refractivity contribution < 1.29 is 13.9 Å². The van der Waals surface area contributed by atoms with Crippen LogP contribution in [0.3, 0.4) is 0 Å². The normalized spacial score (nSPS) is 10.9. The molecule has 0 unspecified atom stereocenters. The van der Waals surface area contributed by atoms with Gasteiger partial charge in [0.25, 0.3) is 11.1 Å². The molecule has 27 heavy (non-hydrogen) atoms. The number of methoxy groups -OCH3 is 1. The van der Waals surface area contributed by atoms with Gasteiger partial charge in [-0.15, -0.1) is 10.2 Å². The van der Waals surface area contributed by atoms with Crippen LogP contribution in [0.15, 0.2) is 76.4 Å². The number of ketones is 1. The molecule has 0 bridgehead atoms. The second-order valence-electron chi connectivity index (χ2n) is 5.85. The van der Waals surface area contributed by atoms with Gasteiger partial charge in [-0.3, -0.25) is 4.79 Å². The largest absolute Gasteiger partial charge is 0.496 e. The van der Waals surface area contributed by atoms with Gasteiger partial charge in [0.05, 0.1) is 18.4 Å². The van der Waals surface area contributed by atoms with Crippen molar-refractivity contribution >= 4 is 28.3 Å². The lowest BCUT2D eigenvalue weighted by molar-refractivity contribution is 0.102. The van der Waals surface area contributed by atoms with Crippen LogP contribution in [0.25, 0.3) is 22.2 Å². The highest BCUT2D eigenvalue weighted by Crippen LogP contribution is 2.30. The first kappa shape index (κ1) is 17.3. The molecule has 4 rings (SSSR count). The number of para-hydroxylation sites is 1. The average Bonchev–Trinajstić information content (AvgIpc) is 3.20. The number of benzene rings is 3. The lowest BCUT2D eigenvalue weighted by atomic mass is 10.1. The topological polar surface area (TPSA) is 65.2 Å². The van der Waals surface area contributed by atoms with Crippen molar-refractivity contribution in [3.05, 3.63) is 72.3 Å². The van der Waals surface area contributed by atoms with E-state index in [1.165, 1.54) is 11.8 Å². The van der Waals surface area contributed by atoms with Gasteiger partial charge in [-0.2, -0.15) is 0 Å². The van der Waals surface area contributed by atoms with E-state index in [9.17, 15) is 4.79 Å². The van der Waals surface area contributed by atoms with Crippen molar-refractivity contribution in [2.24, 2.45) is 0 Å². The molecule has 0 radical (unpaired) electrons. The van der Waals surface area contributed by atoms with Crippen molar-refractivity contribution in [3.8, 4) is 17.2 Å². The molecule has 5 nitrogen and oxygen atoms in total. The molecule has 0 N–H and O–H groups in total. The number of carbonyl (C=O) groups excluding carboxylic acids is 1. The van der Waals surface area contributed by atoms with Gasteiger partial charge in [0, 0.05) is 5.56 Å². The summed E-state index contributed by atoms with van der Waals surface area (Å²) in [5, 5.41) is 10.6. The van der Waals surface area contributed by atoms with Crippen LogP contribution in [0.1, 0.15) is 10.4 Å². The Bertz CT molecular complexity index is 1110. The van der Waals surface area contributed by atoms with Crippen LogP contribution in [-0.2, 0) is 0 Å². The number of Topliss-reactive ketones (excluding diaryl/α,β-unsaturated/α-hetero) is 1. The molecule has 0 atom stereocenters. The molecule has 4 aromatic rings. The van der Waals surface area contributed by atoms with E-state index < -0.39 is 0 Å². The summed E-state index contributed by atoms with van der Waals surface area (Å²) in [6.45, 7) is 0. The molecule has 0 spiro atoms. The zero-order chi connectivity index (χ0) is 18.6. The summed E-state index contributed by atoms with van der Waals surface area (Å²) in [6, 6.07) is 21.1. The molecule has 3 aromatic carbocycles. The Labute approximate surface area is 160 Å². The van der Waals surface area contributed by atoms with Crippen molar-refractivity contribution in [3.63, 3.8) is 0 Å². The molecule has 134 valence electrons. The first-order chi connectivity index (χ1) is 13.2. The molecule has 0 aliphatic heterocycles. The number of ether oxygens (including phenoxy) is 1. The summed E-state index contributed by atoms with van der Waals surface area (Å²) in [5.74, 6) is 1.27. The SMILES string of the molecule is COc1ccccc1-c1nnc(SCC(=O)c2ccc3ccccc3c2)o1. The fraction of sp³-hybridized carbons (Fsp3) is 0.0952. The van der Waals surface area contributed by atoms with Gasteiger partial charge in [0.15, 0.2) is 5.78 Å². The van der Waals surface area contributed by atoms with E-state index in [2.05, 4.69) is 10.2 Å². The third-order valence-corrected chi connectivity index (χ3v) is 4.96. The Morgan fingerprint density at radius 2 is 1.78 bits per heavy atom. The molecule has 1 aromatic heterocycles. The minimum absolute atomic E-state index is 0.0165. The summed E-state index contributed by atoms with van der Waals surface area (Å²) < 4.78 is 11.0. The summed E-state index contributed by atoms with van der Waals surface area (Å²) in [4.78, 5) is 12.5. The lowest BCUT2D eigenvalue weighted by Gasteiger charge is -2.03. The highest BCUT2D eigenvalue weighted by Gasteiger charge is 2.15. The first-order valence-electron chi connectivity index (χ1n) is 8.36. The molecule has 0 fully saturated rings. The van der Waals surface area contributed by atoms with Crippen LogP contribution in [0.2, 0.25) is 0 Å². The predicted octanol–water partition coefficient (Wildman–Crippen LogP) is 4.87. The quantitative estimate of drug-likeness (QED) is 0.353. The van der Waals surface area contributed by atoms with E-state index in [0.717, 1.165) is 16.3 Å². The predicted molar refractivity (Wildman–Crippen MR) is 105 cm³/mol. The summed E-state index contributed by atoms with van der Waals surface area (Å²) in [5.41, 5.74) is 1.39. The smallest absolute Gasteiger partial charge is 0.277 e. The van der Waals surface area contributed by atoms with Crippen LogP contribution in [0.4, 0.5) is 0 Å². The highest BCUT2D eigenvalue weighted by molar-refractivity contribution is 7.99. The minimum atomic E-state index is 0.0165. The second-order valence-corrected chi connectivity index (χ2v) is 6.77. The van der Waals surface area contributed by atoms with Crippen LogP contribution >= 0.6 is 11.8 Å². The molecule has 0 amide bonds. The van der Waals surface area contributed by atoms with E-state index in [1.54, 1.807) is 7.11 Å². The molecular formula is C21H16N2O3S. The number of carbonyl (C=O) groups is 1. The number of hydrogen-bond donors (Lipinski definition) is 0. The maximum Gasteiger partial charge on any atom is 0.277 e. The average molecular weight is 376 g/mol. The summed E-state index contributed by atoms with van der Waals surface area (Å²) in [7, 11) is 1.59. The number of rotatable bonds is 6. The van der Waals surface area contributed by atoms with Gasteiger partial charge in [0.2, 0.25) is 0 Å². The van der Waals surface area contributed by atoms with Crippen molar-refractivity contribution in [2.75, 3.05) is 12.9 Å². The van der Waals surface area contributed by atoms with E-state index in [0.29, 0.717) is 22.4 Å². The molecule has 0 aliphatic rings. The van der Waals surface area contributed by atoms with Crippen molar-refractivity contribution in [2.45, 2.75) is 5.22 Å². The molecule has 0 saturated carbocycles. The molecule has 6 heteroatoms. The Morgan fingerprint density at radius 1 is 1.00 bits per heavy atom. The Kier molecular flexibility index (Phi) is 4.89. The van der Waals surface area contributed by atoms with Crippen molar-refractivity contribution in [1.29, 1.82) is 0 Å². The van der Waals surface area contributed by atoms with Crippen LogP contribution in [-0.4, -0.2) is 28.8 Å². The highest BCUT2D eigenvalue weighted by atomic mass is 32.2.